The molecule has 0 spiro atoms. The van der Waals surface area contributed by atoms with Crippen molar-refractivity contribution in [1.29, 1.82) is 0 Å². The Morgan fingerprint density at radius 2 is 1.85 bits per heavy atom. The highest BCUT2D eigenvalue weighted by Gasteiger charge is 2.23. The Kier molecular flexibility index (Phi) is 4.91. The largest absolute Gasteiger partial charge is 0.360 e. The summed E-state index contributed by atoms with van der Waals surface area (Å²) in [6.45, 7) is 1.13. The molecule has 5 aromatic rings. The zero-order chi connectivity index (χ0) is 23.1. The van der Waals surface area contributed by atoms with Crippen LogP contribution < -0.4 is 0 Å². The monoisotopic (exact) mass is 448 g/mol. The first kappa shape index (κ1) is 20.3. The van der Waals surface area contributed by atoms with Crippen molar-refractivity contribution in [3.05, 3.63) is 102 Å². The van der Waals surface area contributed by atoms with E-state index in [4.69, 9.17) is 4.98 Å². The fraction of sp³-hybridized carbons (Fsp3) is 0.107. The highest BCUT2D eigenvalue weighted by Crippen LogP contribution is 2.31. The van der Waals surface area contributed by atoms with Crippen LogP contribution in [-0.4, -0.2) is 38.8 Å². The number of fused-ring (bicyclic) bond motifs is 2. The first-order chi connectivity index (χ1) is 16.7. The van der Waals surface area contributed by atoms with Gasteiger partial charge < -0.3 is 9.88 Å². The van der Waals surface area contributed by atoms with E-state index < -0.39 is 0 Å². The molecule has 1 aliphatic rings. The van der Waals surface area contributed by atoms with E-state index in [0.717, 1.165) is 45.0 Å². The number of aromatic nitrogens is 3. The lowest BCUT2D eigenvalue weighted by molar-refractivity contribution is 0.0775. The van der Waals surface area contributed by atoms with E-state index in [-0.39, 0.29) is 11.7 Å². The van der Waals surface area contributed by atoms with Gasteiger partial charge in [-0.1, -0.05) is 24.3 Å². The van der Waals surface area contributed by atoms with Crippen LogP contribution in [-0.2, 0) is 0 Å². The predicted molar refractivity (Wildman–Crippen MR) is 132 cm³/mol. The maximum Gasteiger partial charge on any atom is 0.254 e. The van der Waals surface area contributed by atoms with Gasteiger partial charge in [0, 0.05) is 59.1 Å². The quantitative estimate of drug-likeness (QED) is 0.377. The number of carbonyl (C=O) groups is 1. The summed E-state index contributed by atoms with van der Waals surface area (Å²) in [5.41, 5.74) is 6.13. The van der Waals surface area contributed by atoms with Gasteiger partial charge in [-0.15, -0.1) is 0 Å². The van der Waals surface area contributed by atoms with Crippen molar-refractivity contribution in [2.45, 2.75) is 6.42 Å². The molecule has 0 fully saturated rings. The lowest BCUT2D eigenvalue weighted by atomic mass is 9.98. The molecule has 34 heavy (non-hydrogen) atoms. The van der Waals surface area contributed by atoms with Crippen LogP contribution >= 0.6 is 0 Å². The van der Waals surface area contributed by atoms with Crippen LogP contribution in [0.5, 0.6) is 0 Å². The molecule has 1 N–H and O–H groups in total. The third-order valence-electron chi connectivity index (χ3n) is 6.41. The fourth-order valence-corrected chi connectivity index (χ4v) is 4.66. The number of nitrogens with one attached hydrogen (secondary N) is 1. The van der Waals surface area contributed by atoms with E-state index in [1.807, 2.05) is 53.6 Å². The van der Waals surface area contributed by atoms with Crippen LogP contribution in [0.15, 0.2) is 85.3 Å². The van der Waals surface area contributed by atoms with Gasteiger partial charge in [-0.3, -0.25) is 9.78 Å². The third kappa shape index (κ3) is 3.53. The van der Waals surface area contributed by atoms with E-state index in [9.17, 15) is 9.18 Å². The Morgan fingerprint density at radius 1 is 1.00 bits per heavy atom. The molecule has 4 heterocycles. The molecule has 3 aromatic heterocycles. The van der Waals surface area contributed by atoms with Crippen LogP contribution in [0.4, 0.5) is 4.39 Å². The number of amides is 1. The average Bonchev–Trinajstić information content (AvgIpc) is 3.31. The van der Waals surface area contributed by atoms with Crippen LogP contribution in [0.1, 0.15) is 22.3 Å². The second-order valence-corrected chi connectivity index (χ2v) is 8.43. The Hall–Kier alpha value is -4.32. The normalized spacial score (nSPS) is 13.9. The maximum absolute atomic E-state index is 13.6. The molecule has 0 aliphatic carbocycles. The Morgan fingerprint density at radius 3 is 2.68 bits per heavy atom. The van der Waals surface area contributed by atoms with Crippen molar-refractivity contribution >= 4 is 33.3 Å². The maximum atomic E-state index is 13.6. The molecule has 1 amide bonds. The molecule has 0 unspecified atom stereocenters. The number of hydrogen-bond acceptors (Lipinski definition) is 3. The van der Waals surface area contributed by atoms with Crippen LogP contribution in [0.3, 0.4) is 0 Å². The van der Waals surface area contributed by atoms with Gasteiger partial charge in [0.05, 0.1) is 16.8 Å². The standard InChI is InChI=1S/C28H21FN4O/c29-20-5-6-22-24(17-31-27(22)15-20)18-9-13-33(14-10-18)28(34)23-16-26(19-7-11-30-12-8-19)32-25-4-2-1-3-21(23)25/h1-9,11-12,15-17,31H,10,13-14H2. The molecule has 0 saturated heterocycles. The number of H-pyrrole nitrogens is 1. The van der Waals surface area contributed by atoms with Crippen molar-refractivity contribution in [3.63, 3.8) is 0 Å². The lowest BCUT2D eigenvalue weighted by Crippen LogP contribution is -2.34. The molecule has 0 atom stereocenters. The summed E-state index contributed by atoms with van der Waals surface area (Å²) in [6, 6.07) is 18.2. The molecule has 2 aromatic carbocycles. The minimum atomic E-state index is -0.258. The van der Waals surface area contributed by atoms with Gasteiger partial charge in [-0.25, -0.2) is 9.37 Å². The Balaban J connectivity index is 1.33. The Labute approximate surface area is 195 Å². The van der Waals surface area contributed by atoms with E-state index >= 15 is 0 Å². The van der Waals surface area contributed by atoms with Gasteiger partial charge in [0.25, 0.3) is 5.91 Å². The molecule has 166 valence electrons. The highest BCUT2D eigenvalue weighted by molar-refractivity contribution is 6.07. The number of para-hydroxylation sites is 1. The number of rotatable bonds is 3. The van der Waals surface area contributed by atoms with Crippen LogP contribution in [0.25, 0.3) is 38.6 Å². The summed E-state index contributed by atoms with van der Waals surface area (Å²) in [7, 11) is 0. The van der Waals surface area contributed by atoms with Crippen LogP contribution in [0, 0.1) is 5.82 Å². The number of nitrogens with zero attached hydrogens (tertiary/aromatic N) is 3. The van der Waals surface area contributed by atoms with Crippen molar-refractivity contribution in [2.24, 2.45) is 0 Å². The SMILES string of the molecule is O=C(c1cc(-c2ccncc2)nc2ccccc12)N1CC=C(c2c[nH]c3cc(F)ccc23)CC1. The summed E-state index contributed by atoms with van der Waals surface area (Å²) in [5, 5.41) is 1.84. The van der Waals surface area contributed by atoms with Gasteiger partial charge in [0.1, 0.15) is 5.82 Å². The van der Waals surface area contributed by atoms with Crippen molar-refractivity contribution < 1.29 is 9.18 Å². The molecule has 5 nitrogen and oxygen atoms in total. The molecular weight excluding hydrogens is 427 g/mol. The highest BCUT2D eigenvalue weighted by atomic mass is 19.1. The minimum Gasteiger partial charge on any atom is -0.360 e. The topological polar surface area (TPSA) is 61.9 Å². The average molecular weight is 449 g/mol. The second kappa shape index (κ2) is 8.23. The number of halogens is 1. The summed E-state index contributed by atoms with van der Waals surface area (Å²) >= 11 is 0. The number of aromatic amines is 1. The molecule has 6 rings (SSSR count). The van der Waals surface area contributed by atoms with E-state index in [0.29, 0.717) is 18.7 Å². The smallest absolute Gasteiger partial charge is 0.254 e. The first-order valence-corrected chi connectivity index (χ1v) is 11.2. The van der Waals surface area contributed by atoms with Crippen molar-refractivity contribution in [1.82, 2.24) is 19.9 Å². The van der Waals surface area contributed by atoms with E-state index in [2.05, 4.69) is 16.0 Å². The van der Waals surface area contributed by atoms with E-state index in [1.165, 1.54) is 17.7 Å². The van der Waals surface area contributed by atoms with Gasteiger partial charge in [0.2, 0.25) is 0 Å². The molecular formula is C28H21FN4O. The molecule has 0 saturated carbocycles. The lowest BCUT2D eigenvalue weighted by Gasteiger charge is -2.27. The van der Waals surface area contributed by atoms with Gasteiger partial charge in [-0.2, -0.15) is 0 Å². The fourth-order valence-electron chi connectivity index (χ4n) is 4.66. The number of carbonyl (C=O) groups excluding carboxylic acids is 1. The van der Waals surface area contributed by atoms with Gasteiger partial charge >= 0.3 is 0 Å². The summed E-state index contributed by atoms with van der Waals surface area (Å²) in [6.07, 6.45) is 8.20. The third-order valence-corrected chi connectivity index (χ3v) is 6.41. The van der Waals surface area contributed by atoms with Gasteiger partial charge in [-0.05, 0) is 54.5 Å². The first-order valence-electron chi connectivity index (χ1n) is 11.2. The molecule has 0 radical (unpaired) electrons. The number of pyridine rings is 2. The summed E-state index contributed by atoms with van der Waals surface area (Å²) in [5.74, 6) is -0.267. The summed E-state index contributed by atoms with van der Waals surface area (Å²) < 4.78 is 13.6. The second-order valence-electron chi connectivity index (χ2n) is 8.43. The van der Waals surface area contributed by atoms with Crippen molar-refractivity contribution in [3.8, 4) is 11.3 Å². The van der Waals surface area contributed by atoms with Gasteiger partial charge in [0.15, 0.2) is 0 Å². The summed E-state index contributed by atoms with van der Waals surface area (Å²) in [4.78, 5) is 27.5. The van der Waals surface area contributed by atoms with Crippen molar-refractivity contribution in [2.75, 3.05) is 13.1 Å². The Bertz CT molecular complexity index is 1570. The van der Waals surface area contributed by atoms with Crippen LogP contribution in [0.2, 0.25) is 0 Å². The zero-order valence-corrected chi connectivity index (χ0v) is 18.3. The number of benzene rings is 2. The minimum absolute atomic E-state index is 0.00907. The zero-order valence-electron chi connectivity index (χ0n) is 18.3. The molecule has 6 heteroatoms. The van der Waals surface area contributed by atoms with E-state index in [1.54, 1.807) is 18.5 Å². The number of hydrogen-bond donors (Lipinski definition) is 1. The predicted octanol–water partition coefficient (Wildman–Crippen LogP) is 5.85. The molecule has 0 bridgehead atoms. The molecule has 1 aliphatic heterocycles.